The highest BCUT2D eigenvalue weighted by Gasteiger charge is 2.17. The van der Waals surface area contributed by atoms with Gasteiger partial charge in [-0.3, -0.25) is 4.79 Å². The van der Waals surface area contributed by atoms with Crippen molar-refractivity contribution in [2.75, 3.05) is 17.2 Å². The van der Waals surface area contributed by atoms with E-state index in [1.807, 2.05) is 6.07 Å². The lowest BCUT2D eigenvalue weighted by atomic mass is 10.3. The first-order chi connectivity index (χ1) is 8.80. The van der Waals surface area contributed by atoms with Crippen molar-refractivity contribution in [2.24, 2.45) is 5.73 Å². The molecule has 8 heteroatoms. The van der Waals surface area contributed by atoms with Gasteiger partial charge in [-0.25, -0.2) is 13.1 Å². The molecule has 1 unspecified atom stereocenters. The number of hydrogen-bond acceptors (Lipinski definition) is 5. The summed E-state index contributed by atoms with van der Waals surface area (Å²) in [6.07, 6.45) is 0. The molecule has 0 aliphatic heterocycles. The van der Waals surface area contributed by atoms with Gasteiger partial charge < -0.3 is 11.5 Å². The largest absolute Gasteiger partial charge is 0.399 e. The number of carbonyl (C=O) groups excluding carboxylic acids is 1. The van der Waals surface area contributed by atoms with Crippen LogP contribution in [0.4, 0.5) is 5.69 Å². The molecule has 1 rings (SSSR count). The standard InChI is InChI=1S/C11H17N3O3S2/c1-8(11(13)15)14-19(16,17)6-5-18-10-4-2-3-9(12)7-10/h2-4,7-8,14H,5-6,12H2,1H3,(H2,13,15). The third-order valence-corrected chi connectivity index (χ3v) is 4.97. The van der Waals surface area contributed by atoms with Gasteiger partial charge in [0.25, 0.3) is 0 Å². The van der Waals surface area contributed by atoms with Gasteiger partial charge in [0.2, 0.25) is 15.9 Å². The van der Waals surface area contributed by atoms with E-state index in [0.717, 1.165) is 4.90 Å². The van der Waals surface area contributed by atoms with Crippen LogP contribution in [-0.4, -0.2) is 31.9 Å². The maximum absolute atomic E-state index is 11.6. The second-order valence-corrected chi connectivity index (χ2v) is 7.02. The van der Waals surface area contributed by atoms with Gasteiger partial charge in [-0.05, 0) is 25.1 Å². The molecule has 0 heterocycles. The van der Waals surface area contributed by atoms with E-state index in [1.54, 1.807) is 18.2 Å². The Balaban J connectivity index is 2.46. The zero-order chi connectivity index (χ0) is 14.5. The highest BCUT2D eigenvalue weighted by atomic mass is 32.2. The molecular formula is C11H17N3O3S2. The summed E-state index contributed by atoms with van der Waals surface area (Å²) in [5.41, 5.74) is 11.2. The van der Waals surface area contributed by atoms with Crippen molar-refractivity contribution in [3.8, 4) is 0 Å². The normalized spacial score (nSPS) is 13.1. The summed E-state index contributed by atoms with van der Waals surface area (Å²) in [6.45, 7) is 1.41. The molecule has 0 radical (unpaired) electrons. The lowest BCUT2D eigenvalue weighted by Gasteiger charge is -2.10. The third-order valence-electron chi connectivity index (χ3n) is 2.26. The number of thioether (sulfide) groups is 1. The van der Waals surface area contributed by atoms with E-state index >= 15 is 0 Å². The maximum atomic E-state index is 11.6. The van der Waals surface area contributed by atoms with Crippen LogP contribution in [0.25, 0.3) is 0 Å². The summed E-state index contributed by atoms with van der Waals surface area (Å²) in [4.78, 5) is 11.7. The van der Waals surface area contributed by atoms with E-state index in [1.165, 1.54) is 18.7 Å². The molecule has 5 N–H and O–H groups in total. The molecule has 1 aromatic carbocycles. The molecule has 1 aromatic rings. The lowest BCUT2D eigenvalue weighted by Crippen LogP contribution is -2.43. The van der Waals surface area contributed by atoms with Gasteiger partial charge >= 0.3 is 0 Å². The smallest absolute Gasteiger partial charge is 0.235 e. The van der Waals surface area contributed by atoms with Crippen LogP contribution in [0.1, 0.15) is 6.92 Å². The monoisotopic (exact) mass is 303 g/mol. The van der Waals surface area contributed by atoms with E-state index in [9.17, 15) is 13.2 Å². The number of carbonyl (C=O) groups is 1. The average Bonchev–Trinajstić information content (AvgIpc) is 2.27. The molecule has 0 fully saturated rings. The van der Waals surface area contributed by atoms with Gasteiger partial charge in [-0.1, -0.05) is 6.07 Å². The van der Waals surface area contributed by atoms with Crippen molar-refractivity contribution in [2.45, 2.75) is 17.9 Å². The van der Waals surface area contributed by atoms with Crippen LogP contribution in [0.15, 0.2) is 29.2 Å². The second kappa shape index (κ2) is 6.78. The van der Waals surface area contributed by atoms with Crippen LogP contribution in [-0.2, 0) is 14.8 Å². The SMILES string of the molecule is CC(NS(=O)(=O)CCSc1cccc(N)c1)C(N)=O. The highest BCUT2D eigenvalue weighted by molar-refractivity contribution is 8.00. The fourth-order valence-electron chi connectivity index (χ4n) is 1.26. The first-order valence-electron chi connectivity index (χ1n) is 5.58. The number of primary amides is 1. The molecule has 0 saturated heterocycles. The number of sulfonamides is 1. The Labute approximate surface area is 117 Å². The quantitative estimate of drug-likeness (QED) is 0.490. The minimum Gasteiger partial charge on any atom is -0.399 e. The first-order valence-corrected chi connectivity index (χ1v) is 8.21. The summed E-state index contributed by atoms with van der Waals surface area (Å²) >= 11 is 1.38. The summed E-state index contributed by atoms with van der Waals surface area (Å²) in [6, 6.07) is 6.29. The van der Waals surface area contributed by atoms with Crippen LogP contribution < -0.4 is 16.2 Å². The number of anilines is 1. The molecule has 0 aliphatic rings. The molecule has 0 aromatic heterocycles. The van der Waals surface area contributed by atoms with Gasteiger partial charge in [0.1, 0.15) is 0 Å². The summed E-state index contributed by atoms with van der Waals surface area (Å²) in [5, 5.41) is 0. The number of rotatable bonds is 7. The van der Waals surface area contributed by atoms with Gasteiger partial charge in [0, 0.05) is 16.3 Å². The number of nitrogens with one attached hydrogen (secondary N) is 1. The third kappa shape index (κ3) is 5.95. The second-order valence-electron chi connectivity index (χ2n) is 3.98. The van der Waals surface area contributed by atoms with Crippen molar-refractivity contribution < 1.29 is 13.2 Å². The van der Waals surface area contributed by atoms with E-state index in [-0.39, 0.29) is 5.75 Å². The Bertz CT molecular complexity index is 546. The molecular weight excluding hydrogens is 286 g/mol. The Morgan fingerprint density at radius 2 is 2.16 bits per heavy atom. The fourth-order valence-corrected chi connectivity index (χ4v) is 3.87. The number of benzene rings is 1. The van der Waals surface area contributed by atoms with Crippen molar-refractivity contribution in [3.63, 3.8) is 0 Å². The van der Waals surface area contributed by atoms with Gasteiger partial charge in [-0.2, -0.15) is 0 Å². The summed E-state index contributed by atoms with van der Waals surface area (Å²) in [7, 11) is -3.51. The van der Waals surface area contributed by atoms with E-state index < -0.39 is 22.0 Å². The Morgan fingerprint density at radius 1 is 1.47 bits per heavy atom. The molecule has 1 atom stereocenters. The van der Waals surface area contributed by atoms with Crippen molar-refractivity contribution >= 4 is 33.4 Å². The van der Waals surface area contributed by atoms with Crippen molar-refractivity contribution in [1.29, 1.82) is 0 Å². The molecule has 0 aliphatic carbocycles. The van der Waals surface area contributed by atoms with Crippen LogP contribution in [0.2, 0.25) is 0 Å². The van der Waals surface area contributed by atoms with Crippen LogP contribution in [0.3, 0.4) is 0 Å². The molecule has 106 valence electrons. The summed E-state index contributed by atoms with van der Waals surface area (Å²) < 4.78 is 25.5. The lowest BCUT2D eigenvalue weighted by molar-refractivity contribution is -0.119. The predicted octanol–water partition coefficient (Wildman–Crippen LogP) is 0.154. The number of amides is 1. The Hall–Kier alpha value is -1.25. The van der Waals surface area contributed by atoms with E-state index in [0.29, 0.717) is 11.4 Å². The molecule has 0 spiro atoms. The minimum absolute atomic E-state index is 0.0932. The van der Waals surface area contributed by atoms with E-state index in [2.05, 4.69) is 4.72 Å². The maximum Gasteiger partial charge on any atom is 0.235 e. The topological polar surface area (TPSA) is 115 Å². The number of hydrogen-bond donors (Lipinski definition) is 3. The minimum atomic E-state index is -3.51. The molecule has 0 saturated carbocycles. The Kier molecular flexibility index (Phi) is 5.64. The van der Waals surface area contributed by atoms with E-state index in [4.69, 9.17) is 11.5 Å². The zero-order valence-electron chi connectivity index (χ0n) is 10.5. The number of nitrogens with two attached hydrogens (primary N) is 2. The molecule has 19 heavy (non-hydrogen) atoms. The predicted molar refractivity (Wildman–Crippen MR) is 77.2 cm³/mol. The first kappa shape index (κ1) is 15.8. The summed E-state index contributed by atoms with van der Waals surface area (Å²) in [5.74, 6) is -0.430. The van der Waals surface area contributed by atoms with Gasteiger partial charge in [0.05, 0.1) is 11.8 Å². The average molecular weight is 303 g/mol. The molecule has 6 nitrogen and oxygen atoms in total. The van der Waals surface area contributed by atoms with Crippen LogP contribution >= 0.6 is 11.8 Å². The number of nitrogen functional groups attached to an aromatic ring is 1. The fraction of sp³-hybridized carbons (Fsp3) is 0.364. The van der Waals surface area contributed by atoms with Crippen LogP contribution in [0, 0.1) is 0 Å². The Morgan fingerprint density at radius 3 is 2.74 bits per heavy atom. The zero-order valence-corrected chi connectivity index (χ0v) is 12.1. The molecule has 0 bridgehead atoms. The van der Waals surface area contributed by atoms with Crippen molar-refractivity contribution in [1.82, 2.24) is 4.72 Å². The molecule has 1 amide bonds. The van der Waals surface area contributed by atoms with Gasteiger partial charge in [0.15, 0.2) is 0 Å². The van der Waals surface area contributed by atoms with Gasteiger partial charge in [-0.15, -0.1) is 11.8 Å². The highest BCUT2D eigenvalue weighted by Crippen LogP contribution is 2.20. The van der Waals surface area contributed by atoms with Crippen LogP contribution in [0.5, 0.6) is 0 Å². The van der Waals surface area contributed by atoms with Crippen molar-refractivity contribution in [3.05, 3.63) is 24.3 Å².